The average molecular weight is 313 g/mol. The van der Waals surface area contributed by atoms with E-state index in [-0.39, 0.29) is 0 Å². The van der Waals surface area contributed by atoms with E-state index in [1.165, 1.54) is 0 Å². The minimum absolute atomic E-state index is 0.371. The highest BCUT2D eigenvalue weighted by atomic mass is 16.5. The molecule has 0 saturated heterocycles. The first-order chi connectivity index (χ1) is 11.2. The predicted molar refractivity (Wildman–Crippen MR) is 85.0 cm³/mol. The van der Waals surface area contributed by atoms with Crippen molar-refractivity contribution in [2.75, 3.05) is 13.2 Å². The number of fused-ring (bicyclic) bond motifs is 1. The van der Waals surface area contributed by atoms with Crippen molar-refractivity contribution < 1.29 is 14.0 Å². The lowest BCUT2D eigenvalue weighted by Crippen LogP contribution is -2.44. The van der Waals surface area contributed by atoms with E-state index in [2.05, 4.69) is 10.1 Å². The van der Waals surface area contributed by atoms with Crippen molar-refractivity contribution in [1.29, 1.82) is 0 Å². The molecule has 0 atom stereocenters. The molecule has 2 aliphatic rings. The second kappa shape index (κ2) is 5.38. The number of hydrogen-bond acceptors (Lipinski definition) is 6. The zero-order chi connectivity index (χ0) is 15.9. The maximum absolute atomic E-state index is 6.24. The van der Waals surface area contributed by atoms with Gasteiger partial charge in [-0.05, 0) is 38.3 Å². The summed E-state index contributed by atoms with van der Waals surface area (Å²) in [5.41, 5.74) is 7.63. The molecule has 1 aromatic heterocycles. The third kappa shape index (κ3) is 2.39. The smallest absolute Gasteiger partial charge is 0.257 e. The lowest BCUT2D eigenvalue weighted by Gasteiger charge is -2.34. The van der Waals surface area contributed by atoms with Crippen molar-refractivity contribution in [3.05, 3.63) is 35.5 Å². The summed E-state index contributed by atoms with van der Waals surface area (Å²) in [4.78, 5) is 4.48. The fraction of sp³-hybridized carbons (Fsp3) is 0.412. The van der Waals surface area contributed by atoms with Gasteiger partial charge in [-0.25, -0.2) is 0 Å². The van der Waals surface area contributed by atoms with Crippen molar-refractivity contribution in [2.45, 2.75) is 31.7 Å². The number of para-hydroxylation sites is 1. The van der Waals surface area contributed by atoms with Gasteiger partial charge in [-0.3, -0.25) is 0 Å². The Morgan fingerprint density at radius 3 is 2.96 bits per heavy atom. The van der Waals surface area contributed by atoms with Gasteiger partial charge < -0.3 is 19.7 Å². The van der Waals surface area contributed by atoms with E-state index in [1.54, 1.807) is 0 Å². The van der Waals surface area contributed by atoms with E-state index in [0.29, 0.717) is 24.9 Å². The van der Waals surface area contributed by atoms with Gasteiger partial charge in [0.1, 0.15) is 6.61 Å². The van der Waals surface area contributed by atoms with Crippen LogP contribution in [0.5, 0.6) is 11.5 Å². The molecule has 1 saturated carbocycles. The van der Waals surface area contributed by atoms with Gasteiger partial charge in [0.05, 0.1) is 17.7 Å². The molecule has 1 aromatic carbocycles. The van der Waals surface area contributed by atoms with Crippen molar-refractivity contribution in [2.24, 2.45) is 5.73 Å². The van der Waals surface area contributed by atoms with Crippen LogP contribution in [0.1, 0.15) is 43.5 Å². The first kappa shape index (κ1) is 14.3. The summed E-state index contributed by atoms with van der Waals surface area (Å²) in [6.07, 6.45) is 4.92. The number of aromatic nitrogens is 2. The molecule has 2 aromatic rings. The van der Waals surface area contributed by atoms with Gasteiger partial charge >= 0.3 is 0 Å². The molecule has 0 spiro atoms. The van der Waals surface area contributed by atoms with Gasteiger partial charge in [0.25, 0.3) is 5.89 Å². The first-order valence-corrected chi connectivity index (χ1v) is 7.92. The van der Waals surface area contributed by atoms with E-state index < -0.39 is 5.54 Å². The summed E-state index contributed by atoms with van der Waals surface area (Å²) in [6, 6.07) is 5.82. The van der Waals surface area contributed by atoms with Crippen LogP contribution in [0.15, 0.2) is 22.7 Å². The summed E-state index contributed by atoms with van der Waals surface area (Å²) >= 11 is 0. The SMILES string of the molecule is CCOc1cccc2c1OCC(c1nc(C3(N)CCC3)no1)=C2. The van der Waals surface area contributed by atoms with Crippen LogP contribution in [0.3, 0.4) is 0 Å². The van der Waals surface area contributed by atoms with Gasteiger partial charge in [0.2, 0.25) is 0 Å². The number of ether oxygens (including phenoxy) is 2. The van der Waals surface area contributed by atoms with Gasteiger partial charge in [0, 0.05) is 5.56 Å². The normalized spacial score (nSPS) is 18.4. The van der Waals surface area contributed by atoms with Gasteiger partial charge in [0.15, 0.2) is 17.3 Å². The summed E-state index contributed by atoms with van der Waals surface area (Å²) in [6.45, 7) is 2.92. The zero-order valence-electron chi connectivity index (χ0n) is 13.0. The molecule has 0 radical (unpaired) electrons. The highest BCUT2D eigenvalue weighted by Crippen LogP contribution is 2.39. The molecule has 2 N–H and O–H groups in total. The van der Waals surface area contributed by atoms with Crippen LogP contribution < -0.4 is 15.2 Å². The Bertz CT molecular complexity index is 762. The molecule has 6 nitrogen and oxygen atoms in total. The molecule has 4 rings (SSSR count). The Morgan fingerprint density at radius 2 is 2.22 bits per heavy atom. The molecule has 1 aliphatic heterocycles. The van der Waals surface area contributed by atoms with Crippen molar-refractivity contribution in [3.63, 3.8) is 0 Å². The molecule has 0 bridgehead atoms. The Kier molecular flexibility index (Phi) is 3.34. The van der Waals surface area contributed by atoms with Crippen molar-refractivity contribution in [3.8, 4) is 11.5 Å². The fourth-order valence-corrected chi connectivity index (χ4v) is 2.91. The van der Waals surface area contributed by atoms with Crippen LogP contribution in [0.4, 0.5) is 0 Å². The van der Waals surface area contributed by atoms with Crippen LogP contribution in [0, 0.1) is 0 Å². The Morgan fingerprint density at radius 1 is 1.35 bits per heavy atom. The van der Waals surface area contributed by atoms with Crippen LogP contribution in [0.2, 0.25) is 0 Å². The summed E-state index contributed by atoms with van der Waals surface area (Å²) in [5, 5.41) is 4.06. The summed E-state index contributed by atoms with van der Waals surface area (Å²) < 4.78 is 16.8. The Labute approximate surface area is 134 Å². The Hall–Kier alpha value is -2.34. The number of nitrogens with two attached hydrogens (primary N) is 1. The summed E-state index contributed by atoms with van der Waals surface area (Å²) in [5.74, 6) is 2.58. The number of hydrogen-bond donors (Lipinski definition) is 1. The van der Waals surface area contributed by atoms with Gasteiger partial charge in [-0.1, -0.05) is 17.3 Å². The minimum Gasteiger partial charge on any atom is -0.490 e. The first-order valence-electron chi connectivity index (χ1n) is 7.92. The van der Waals surface area contributed by atoms with Crippen molar-refractivity contribution in [1.82, 2.24) is 10.1 Å². The molecule has 0 amide bonds. The van der Waals surface area contributed by atoms with Gasteiger partial charge in [-0.2, -0.15) is 4.98 Å². The third-order valence-corrected chi connectivity index (χ3v) is 4.40. The van der Waals surface area contributed by atoms with Crippen LogP contribution in [-0.2, 0) is 5.54 Å². The minimum atomic E-state index is -0.419. The number of nitrogens with zero attached hydrogens (tertiary/aromatic N) is 2. The summed E-state index contributed by atoms with van der Waals surface area (Å²) in [7, 11) is 0. The van der Waals surface area contributed by atoms with E-state index in [1.807, 2.05) is 31.2 Å². The quantitative estimate of drug-likeness (QED) is 0.934. The Balaban J connectivity index is 1.65. The van der Waals surface area contributed by atoms with E-state index >= 15 is 0 Å². The second-order valence-electron chi connectivity index (χ2n) is 6.00. The second-order valence-corrected chi connectivity index (χ2v) is 6.00. The third-order valence-electron chi connectivity index (χ3n) is 4.40. The zero-order valence-corrected chi connectivity index (χ0v) is 13.0. The maximum Gasteiger partial charge on any atom is 0.257 e. The lowest BCUT2D eigenvalue weighted by atomic mass is 9.77. The maximum atomic E-state index is 6.24. The van der Waals surface area contributed by atoms with E-state index in [9.17, 15) is 0 Å². The van der Waals surface area contributed by atoms with Crippen LogP contribution in [0.25, 0.3) is 11.6 Å². The van der Waals surface area contributed by atoms with Crippen LogP contribution in [-0.4, -0.2) is 23.4 Å². The van der Waals surface area contributed by atoms with Crippen molar-refractivity contribution >= 4 is 11.6 Å². The standard InChI is InChI=1S/C17H19N3O3/c1-2-21-13-6-3-5-11-9-12(10-22-14(11)13)15-19-16(20-23-15)17(18)7-4-8-17/h3,5-6,9H,2,4,7-8,10,18H2,1H3. The highest BCUT2D eigenvalue weighted by Gasteiger charge is 2.39. The molecule has 1 aliphatic carbocycles. The fourth-order valence-electron chi connectivity index (χ4n) is 2.91. The monoisotopic (exact) mass is 313 g/mol. The number of benzene rings is 1. The molecule has 120 valence electrons. The molecule has 0 unspecified atom stereocenters. The molecule has 23 heavy (non-hydrogen) atoms. The molecular weight excluding hydrogens is 294 g/mol. The van der Waals surface area contributed by atoms with E-state index in [4.69, 9.17) is 19.7 Å². The van der Waals surface area contributed by atoms with E-state index in [0.717, 1.165) is 41.9 Å². The molecular formula is C17H19N3O3. The molecule has 2 heterocycles. The topological polar surface area (TPSA) is 83.4 Å². The predicted octanol–water partition coefficient (Wildman–Crippen LogP) is 2.74. The molecule has 6 heteroatoms. The molecule has 1 fully saturated rings. The average Bonchev–Trinajstić information content (AvgIpc) is 3.03. The largest absolute Gasteiger partial charge is 0.490 e. The number of rotatable bonds is 4. The highest BCUT2D eigenvalue weighted by molar-refractivity contribution is 5.83. The van der Waals surface area contributed by atoms with Gasteiger partial charge in [-0.15, -0.1) is 0 Å². The lowest BCUT2D eigenvalue weighted by molar-refractivity contribution is 0.229. The van der Waals surface area contributed by atoms with Crippen LogP contribution >= 0.6 is 0 Å².